The molecule has 0 heterocycles. The van der Waals surface area contributed by atoms with Crippen LogP contribution in [0.1, 0.15) is 43.4 Å². The first-order valence-electron chi connectivity index (χ1n) is 6.67. The van der Waals surface area contributed by atoms with Crippen molar-refractivity contribution in [1.82, 2.24) is 5.32 Å². The topological polar surface area (TPSA) is 21.3 Å². The van der Waals surface area contributed by atoms with E-state index in [0.29, 0.717) is 0 Å². The summed E-state index contributed by atoms with van der Waals surface area (Å²) in [6.45, 7) is 5.87. The molecule has 0 aliphatic rings. The van der Waals surface area contributed by atoms with Crippen molar-refractivity contribution in [2.75, 3.05) is 20.3 Å². The second kappa shape index (κ2) is 8.22. The molecule has 1 aromatic carbocycles. The van der Waals surface area contributed by atoms with Crippen LogP contribution in [0.2, 0.25) is 0 Å². The van der Waals surface area contributed by atoms with Crippen molar-refractivity contribution in [3.8, 4) is 0 Å². The van der Waals surface area contributed by atoms with Crippen molar-refractivity contribution in [3.63, 3.8) is 0 Å². The number of hydrogen-bond donors (Lipinski definition) is 1. The van der Waals surface area contributed by atoms with Gasteiger partial charge in [-0.3, -0.25) is 0 Å². The Morgan fingerprint density at radius 2 is 2.17 bits per heavy atom. The fourth-order valence-electron chi connectivity index (χ4n) is 2.10. The number of aryl methyl sites for hydroxylation is 1. The van der Waals surface area contributed by atoms with Gasteiger partial charge in [-0.15, -0.1) is 0 Å². The smallest absolute Gasteiger partial charge is 0.123 e. The van der Waals surface area contributed by atoms with Gasteiger partial charge in [-0.05, 0) is 56.0 Å². The minimum Gasteiger partial charge on any atom is -0.385 e. The van der Waals surface area contributed by atoms with Crippen LogP contribution in [0.4, 0.5) is 4.39 Å². The monoisotopic (exact) mass is 253 g/mol. The molecule has 1 rings (SSSR count). The number of rotatable bonds is 8. The molecule has 0 bridgehead atoms. The van der Waals surface area contributed by atoms with Crippen molar-refractivity contribution in [3.05, 3.63) is 35.1 Å². The highest BCUT2D eigenvalue weighted by Crippen LogP contribution is 2.23. The van der Waals surface area contributed by atoms with Crippen molar-refractivity contribution in [2.45, 2.75) is 39.2 Å². The first-order valence-corrected chi connectivity index (χ1v) is 6.67. The summed E-state index contributed by atoms with van der Waals surface area (Å²) in [5.41, 5.74) is 2.21. The van der Waals surface area contributed by atoms with Crippen LogP contribution in [-0.2, 0) is 4.74 Å². The Hall–Kier alpha value is -0.930. The average Bonchev–Trinajstić information content (AvgIpc) is 2.37. The summed E-state index contributed by atoms with van der Waals surface area (Å²) in [6.07, 6.45) is 3.03. The number of methoxy groups -OCH3 is 1. The van der Waals surface area contributed by atoms with Gasteiger partial charge in [0.1, 0.15) is 5.82 Å². The Morgan fingerprint density at radius 1 is 1.39 bits per heavy atom. The zero-order valence-electron chi connectivity index (χ0n) is 11.6. The quantitative estimate of drug-likeness (QED) is 0.715. The lowest BCUT2D eigenvalue weighted by Crippen LogP contribution is -2.23. The van der Waals surface area contributed by atoms with Gasteiger partial charge in [0.2, 0.25) is 0 Å². The Morgan fingerprint density at radius 3 is 2.83 bits per heavy atom. The van der Waals surface area contributed by atoms with E-state index in [4.69, 9.17) is 4.74 Å². The van der Waals surface area contributed by atoms with E-state index in [1.165, 1.54) is 6.07 Å². The number of hydrogen-bond acceptors (Lipinski definition) is 2. The second-order valence-electron chi connectivity index (χ2n) is 4.64. The minimum absolute atomic E-state index is 0.161. The highest BCUT2D eigenvalue weighted by atomic mass is 19.1. The number of benzene rings is 1. The van der Waals surface area contributed by atoms with Gasteiger partial charge in [0.25, 0.3) is 0 Å². The third-order valence-electron chi connectivity index (χ3n) is 3.10. The number of halogens is 1. The molecule has 0 saturated carbocycles. The second-order valence-corrected chi connectivity index (χ2v) is 4.64. The Kier molecular flexibility index (Phi) is 6.91. The average molecular weight is 253 g/mol. The molecule has 0 aromatic heterocycles. The van der Waals surface area contributed by atoms with Gasteiger partial charge < -0.3 is 10.1 Å². The van der Waals surface area contributed by atoms with Crippen LogP contribution < -0.4 is 5.32 Å². The fourth-order valence-corrected chi connectivity index (χ4v) is 2.10. The number of ether oxygens (including phenoxy) is 1. The van der Waals surface area contributed by atoms with Gasteiger partial charge in [-0.1, -0.05) is 13.0 Å². The van der Waals surface area contributed by atoms with Gasteiger partial charge in [-0.25, -0.2) is 4.39 Å². The summed E-state index contributed by atoms with van der Waals surface area (Å²) in [4.78, 5) is 0. The SMILES string of the molecule is CCCNC(CCCOC)c1cc(F)ccc1C. The van der Waals surface area contributed by atoms with E-state index >= 15 is 0 Å². The Labute approximate surface area is 110 Å². The lowest BCUT2D eigenvalue weighted by molar-refractivity contribution is 0.188. The van der Waals surface area contributed by atoms with Gasteiger partial charge in [0, 0.05) is 19.8 Å². The molecule has 102 valence electrons. The molecule has 0 aliphatic carbocycles. The summed E-state index contributed by atoms with van der Waals surface area (Å²) in [5, 5.41) is 3.49. The van der Waals surface area contributed by atoms with E-state index in [0.717, 1.165) is 43.5 Å². The zero-order valence-corrected chi connectivity index (χ0v) is 11.6. The van der Waals surface area contributed by atoms with Crippen LogP contribution >= 0.6 is 0 Å². The normalized spacial score (nSPS) is 12.7. The van der Waals surface area contributed by atoms with Crippen LogP contribution in [-0.4, -0.2) is 20.3 Å². The third-order valence-corrected chi connectivity index (χ3v) is 3.10. The highest BCUT2D eigenvalue weighted by molar-refractivity contribution is 5.29. The Bertz CT molecular complexity index is 354. The largest absolute Gasteiger partial charge is 0.385 e. The van der Waals surface area contributed by atoms with Crippen molar-refractivity contribution in [2.24, 2.45) is 0 Å². The zero-order chi connectivity index (χ0) is 13.4. The lowest BCUT2D eigenvalue weighted by Gasteiger charge is -2.21. The van der Waals surface area contributed by atoms with Crippen molar-refractivity contribution >= 4 is 0 Å². The molecule has 1 aromatic rings. The molecule has 0 aliphatic heterocycles. The van der Waals surface area contributed by atoms with Crippen molar-refractivity contribution in [1.29, 1.82) is 0 Å². The van der Waals surface area contributed by atoms with Crippen LogP contribution in [0.3, 0.4) is 0 Å². The van der Waals surface area contributed by atoms with E-state index in [9.17, 15) is 4.39 Å². The highest BCUT2D eigenvalue weighted by Gasteiger charge is 2.13. The first kappa shape index (κ1) is 15.1. The third kappa shape index (κ3) is 4.75. The number of nitrogens with one attached hydrogen (secondary N) is 1. The molecule has 0 amide bonds. The molecule has 1 atom stereocenters. The van der Waals surface area contributed by atoms with Crippen molar-refractivity contribution < 1.29 is 9.13 Å². The lowest BCUT2D eigenvalue weighted by atomic mass is 9.97. The van der Waals surface area contributed by atoms with Crippen LogP contribution in [0.5, 0.6) is 0 Å². The fraction of sp³-hybridized carbons (Fsp3) is 0.600. The predicted octanol–water partition coefficient (Wildman–Crippen LogP) is 3.60. The molecule has 18 heavy (non-hydrogen) atoms. The summed E-state index contributed by atoms with van der Waals surface area (Å²) >= 11 is 0. The minimum atomic E-state index is -0.161. The summed E-state index contributed by atoms with van der Waals surface area (Å²) < 4.78 is 18.5. The van der Waals surface area contributed by atoms with Crippen LogP contribution in [0, 0.1) is 12.7 Å². The molecule has 1 unspecified atom stereocenters. The van der Waals surface area contributed by atoms with Gasteiger partial charge in [0.05, 0.1) is 0 Å². The predicted molar refractivity (Wildman–Crippen MR) is 73.3 cm³/mol. The molecule has 2 nitrogen and oxygen atoms in total. The molecular weight excluding hydrogens is 229 g/mol. The van der Waals surface area contributed by atoms with Gasteiger partial charge >= 0.3 is 0 Å². The maximum atomic E-state index is 13.4. The molecule has 3 heteroatoms. The van der Waals surface area contributed by atoms with E-state index in [2.05, 4.69) is 12.2 Å². The Balaban J connectivity index is 2.75. The molecule has 0 saturated heterocycles. The van der Waals surface area contributed by atoms with E-state index in [1.807, 2.05) is 13.0 Å². The standard InChI is InChI=1S/C15H24FNO/c1-4-9-17-15(6-5-10-18-3)14-11-13(16)8-7-12(14)2/h7-8,11,15,17H,4-6,9-10H2,1-3H3. The maximum Gasteiger partial charge on any atom is 0.123 e. The first-order chi connectivity index (χ1) is 8.69. The molecule has 1 N–H and O–H groups in total. The van der Waals surface area contributed by atoms with Crippen LogP contribution in [0.25, 0.3) is 0 Å². The molecule has 0 spiro atoms. The maximum absolute atomic E-state index is 13.4. The van der Waals surface area contributed by atoms with E-state index in [1.54, 1.807) is 13.2 Å². The molecule has 0 fully saturated rings. The summed E-state index contributed by atoms with van der Waals surface area (Å²) in [5.74, 6) is -0.161. The summed E-state index contributed by atoms with van der Waals surface area (Å²) in [7, 11) is 1.71. The molecule has 0 radical (unpaired) electrons. The van der Waals surface area contributed by atoms with Crippen LogP contribution in [0.15, 0.2) is 18.2 Å². The van der Waals surface area contributed by atoms with E-state index in [-0.39, 0.29) is 11.9 Å². The van der Waals surface area contributed by atoms with Gasteiger partial charge in [-0.2, -0.15) is 0 Å². The summed E-state index contributed by atoms with van der Waals surface area (Å²) in [6, 6.07) is 5.23. The van der Waals surface area contributed by atoms with E-state index < -0.39 is 0 Å². The van der Waals surface area contributed by atoms with Gasteiger partial charge in [0.15, 0.2) is 0 Å². The molecular formula is C15H24FNO.